The first-order chi connectivity index (χ1) is 6.91. The summed E-state index contributed by atoms with van der Waals surface area (Å²) in [5.41, 5.74) is 8.57. The summed E-state index contributed by atoms with van der Waals surface area (Å²) in [5.74, 6) is 0.618. The maximum atomic E-state index is 6.16. The number of rotatable bonds is 3. The molecule has 2 N–H and O–H groups in total. The molecule has 0 saturated carbocycles. The third kappa shape index (κ3) is 3.58. The lowest BCUT2D eigenvalue weighted by Gasteiger charge is -2.17. The van der Waals surface area contributed by atoms with E-state index < -0.39 is 0 Å². The fourth-order valence-corrected chi connectivity index (χ4v) is 2.69. The summed E-state index contributed by atoms with van der Waals surface area (Å²) in [6.07, 6.45) is 1.01. The van der Waals surface area contributed by atoms with E-state index in [1.807, 2.05) is 0 Å². The van der Waals surface area contributed by atoms with Gasteiger partial charge >= 0.3 is 0 Å². The Morgan fingerprint density at radius 1 is 1.20 bits per heavy atom. The quantitative estimate of drug-likeness (QED) is 0.861. The van der Waals surface area contributed by atoms with E-state index in [-0.39, 0.29) is 6.04 Å². The molecule has 1 nitrogen and oxygen atoms in total. The second kappa shape index (κ2) is 5.46. The summed E-state index contributed by atoms with van der Waals surface area (Å²) >= 11 is 7.11. The van der Waals surface area contributed by atoms with Gasteiger partial charge in [0.1, 0.15) is 0 Å². The molecular weight excluding hydrogens is 318 g/mol. The highest BCUT2D eigenvalue weighted by atomic mass is 79.9. The molecule has 1 unspecified atom stereocenters. The van der Waals surface area contributed by atoms with Gasteiger partial charge in [0.2, 0.25) is 0 Å². The van der Waals surface area contributed by atoms with E-state index in [9.17, 15) is 0 Å². The topological polar surface area (TPSA) is 26.0 Å². The highest BCUT2D eigenvalue weighted by Crippen LogP contribution is 2.31. The molecule has 0 aliphatic rings. The van der Waals surface area contributed by atoms with Crippen molar-refractivity contribution in [2.75, 3.05) is 0 Å². The van der Waals surface area contributed by atoms with Crippen LogP contribution in [0.1, 0.15) is 37.4 Å². The molecule has 84 valence electrons. The molecule has 1 atom stereocenters. The average Bonchev–Trinajstić information content (AvgIpc) is 2.09. The van der Waals surface area contributed by atoms with Crippen LogP contribution in [0.15, 0.2) is 21.1 Å². The van der Waals surface area contributed by atoms with Gasteiger partial charge in [0.15, 0.2) is 0 Å². The van der Waals surface area contributed by atoms with E-state index in [0.717, 1.165) is 15.4 Å². The van der Waals surface area contributed by atoms with Gasteiger partial charge in [-0.25, -0.2) is 0 Å². The molecule has 3 heteroatoms. The summed E-state index contributed by atoms with van der Waals surface area (Å²) in [4.78, 5) is 0. The Balaban J connectivity index is 2.98. The summed E-state index contributed by atoms with van der Waals surface area (Å²) < 4.78 is 2.23. The van der Waals surface area contributed by atoms with Gasteiger partial charge in [0.25, 0.3) is 0 Å². The zero-order valence-corrected chi connectivity index (χ0v) is 12.5. The highest BCUT2D eigenvalue weighted by Gasteiger charge is 2.13. The number of benzene rings is 1. The Bertz CT molecular complexity index is 348. The van der Waals surface area contributed by atoms with Gasteiger partial charge in [-0.2, -0.15) is 0 Å². The van der Waals surface area contributed by atoms with Gasteiger partial charge < -0.3 is 5.73 Å². The molecule has 0 fully saturated rings. The Hall–Kier alpha value is 0.140. The van der Waals surface area contributed by atoms with Gasteiger partial charge in [-0.05, 0) is 42.5 Å². The van der Waals surface area contributed by atoms with Crippen molar-refractivity contribution in [2.24, 2.45) is 11.7 Å². The number of hydrogen-bond donors (Lipinski definition) is 1. The van der Waals surface area contributed by atoms with Crippen molar-refractivity contribution in [3.05, 3.63) is 32.2 Å². The van der Waals surface area contributed by atoms with Crippen molar-refractivity contribution in [2.45, 2.75) is 33.2 Å². The molecule has 15 heavy (non-hydrogen) atoms. The van der Waals surface area contributed by atoms with Crippen molar-refractivity contribution >= 4 is 31.9 Å². The molecule has 0 spiro atoms. The Kier molecular flexibility index (Phi) is 4.81. The lowest BCUT2D eigenvalue weighted by molar-refractivity contribution is 0.508. The Morgan fingerprint density at radius 2 is 1.80 bits per heavy atom. The van der Waals surface area contributed by atoms with Gasteiger partial charge in [-0.3, -0.25) is 0 Å². The van der Waals surface area contributed by atoms with Crippen molar-refractivity contribution in [3.63, 3.8) is 0 Å². The summed E-state index contributed by atoms with van der Waals surface area (Å²) in [5, 5.41) is 0. The standard InChI is InChI=1S/C12H17Br2N/c1-7(2)4-12(15)9-6-10(13)8(3)5-11(9)14/h5-7,12H,4,15H2,1-3H3. The van der Waals surface area contributed by atoms with E-state index in [2.05, 4.69) is 64.8 Å². The summed E-state index contributed by atoms with van der Waals surface area (Å²) in [6.45, 7) is 6.46. The van der Waals surface area contributed by atoms with E-state index in [1.165, 1.54) is 11.1 Å². The van der Waals surface area contributed by atoms with Crippen LogP contribution in [-0.4, -0.2) is 0 Å². The van der Waals surface area contributed by atoms with Gasteiger partial charge in [0, 0.05) is 15.0 Å². The van der Waals surface area contributed by atoms with Crippen LogP contribution >= 0.6 is 31.9 Å². The third-order valence-electron chi connectivity index (χ3n) is 2.40. The minimum Gasteiger partial charge on any atom is -0.324 e. The number of halogens is 2. The SMILES string of the molecule is Cc1cc(Br)c(C(N)CC(C)C)cc1Br. The molecule has 1 aromatic rings. The molecule has 1 rings (SSSR count). The van der Waals surface area contributed by atoms with Crippen molar-refractivity contribution < 1.29 is 0 Å². The average molecular weight is 335 g/mol. The normalized spacial score (nSPS) is 13.3. The smallest absolute Gasteiger partial charge is 0.0308 e. The first-order valence-corrected chi connectivity index (χ1v) is 6.71. The molecule has 0 aliphatic heterocycles. The fourth-order valence-electron chi connectivity index (χ4n) is 1.58. The molecule has 0 aliphatic carbocycles. The zero-order valence-electron chi connectivity index (χ0n) is 9.35. The lowest BCUT2D eigenvalue weighted by Crippen LogP contribution is -2.13. The Morgan fingerprint density at radius 3 is 2.33 bits per heavy atom. The van der Waals surface area contributed by atoms with E-state index in [1.54, 1.807) is 0 Å². The van der Waals surface area contributed by atoms with Crippen molar-refractivity contribution in [3.8, 4) is 0 Å². The first kappa shape index (κ1) is 13.2. The largest absolute Gasteiger partial charge is 0.324 e. The van der Waals surface area contributed by atoms with Gasteiger partial charge in [0.05, 0.1) is 0 Å². The second-order valence-electron chi connectivity index (χ2n) is 4.36. The summed E-state index contributed by atoms with van der Waals surface area (Å²) in [6, 6.07) is 4.34. The van der Waals surface area contributed by atoms with Crippen LogP contribution in [0.5, 0.6) is 0 Å². The van der Waals surface area contributed by atoms with Crippen LogP contribution in [0.25, 0.3) is 0 Å². The lowest BCUT2D eigenvalue weighted by atomic mass is 9.97. The van der Waals surface area contributed by atoms with Crippen LogP contribution < -0.4 is 5.73 Å². The number of aryl methyl sites for hydroxylation is 1. The monoisotopic (exact) mass is 333 g/mol. The fraction of sp³-hybridized carbons (Fsp3) is 0.500. The molecular formula is C12H17Br2N. The van der Waals surface area contributed by atoms with Crippen LogP contribution in [0.2, 0.25) is 0 Å². The highest BCUT2D eigenvalue weighted by molar-refractivity contribution is 9.11. The van der Waals surface area contributed by atoms with Crippen LogP contribution in [0.3, 0.4) is 0 Å². The van der Waals surface area contributed by atoms with Crippen LogP contribution in [0, 0.1) is 12.8 Å². The van der Waals surface area contributed by atoms with Crippen molar-refractivity contribution in [1.82, 2.24) is 0 Å². The van der Waals surface area contributed by atoms with E-state index in [4.69, 9.17) is 5.73 Å². The Labute approximate surface area is 109 Å². The molecule has 0 aromatic heterocycles. The molecule has 0 amide bonds. The third-order valence-corrected chi connectivity index (χ3v) is 3.94. The molecule has 0 bridgehead atoms. The second-order valence-corrected chi connectivity index (χ2v) is 6.07. The molecule has 0 saturated heterocycles. The predicted octanol–water partition coefficient (Wildman–Crippen LogP) is 4.57. The maximum Gasteiger partial charge on any atom is 0.0308 e. The predicted molar refractivity (Wildman–Crippen MR) is 73.0 cm³/mol. The maximum absolute atomic E-state index is 6.16. The summed E-state index contributed by atoms with van der Waals surface area (Å²) in [7, 11) is 0. The van der Waals surface area contributed by atoms with Crippen LogP contribution in [0.4, 0.5) is 0 Å². The van der Waals surface area contributed by atoms with E-state index >= 15 is 0 Å². The van der Waals surface area contributed by atoms with Crippen molar-refractivity contribution in [1.29, 1.82) is 0 Å². The van der Waals surface area contributed by atoms with Gasteiger partial charge in [-0.15, -0.1) is 0 Å². The van der Waals surface area contributed by atoms with E-state index in [0.29, 0.717) is 5.92 Å². The number of hydrogen-bond acceptors (Lipinski definition) is 1. The number of nitrogens with two attached hydrogens (primary N) is 1. The zero-order chi connectivity index (χ0) is 11.6. The minimum atomic E-state index is 0.108. The van der Waals surface area contributed by atoms with Gasteiger partial charge in [-0.1, -0.05) is 45.7 Å². The molecule has 1 aromatic carbocycles. The molecule has 0 radical (unpaired) electrons. The molecule has 0 heterocycles. The minimum absolute atomic E-state index is 0.108. The first-order valence-electron chi connectivity index (χ1n) is 5.13. The van der Waals surface area contributed by atoms with Crippen LogP contribution in [-0.2, 0) is 0 Å².